The van der Waals surface area contributed by atoms with Gasteiger partial charge < -0.3 is 14.6 Å². The van der Waals surface area contributed by atoms with E-state index in [4.69, 9.17) is 14.6 Å². The van der Waals surface area contributed by atoms with Crippen LogP contribution in [0.15, 0.2) is 0 Å². The van der Waals surface area contributed by atoms with Crippen LogP contribution in [0, 0.1) is 0 Å². The molecule has 272 valence electrons. The number of carbonyl (C=O) groups excluding carboxylic acids is 2. The summed E-state index contributed by atoms with van der Waals surface area (Å²) in [5.74, 6) is -0.929. The van der Waals surface area contributed by atoms with Crippen molar-refractivity contribution in [3.63, 3.8) is 0 Å². The average molecular weight is 671 g/mol. The molecule has 0 aromatic heterocycles. The van der Waals surface area contributed by atoms with E-state index in [1.165, 1.54) is 140 Å². The first-order chi connectivity index (χ1) is 22.4. The Labute approximate surface area is 288 Å². The first-order valence-electron chi connectivity index (χ1n) is 19.6. The number of esters is 2. The molecule has 0 aliphatic carbocycles. The monoisotopic (exact) mass is 671 g/mol. The fourth-order valence-electron chi connectivity index (χ4n) is 5.77. The smallest absolute Gasteiger partial charge is 0.306 e. The van der Waals surface area contributed by atoms with Crippen molar-refractivity contribution in [2.75, 3.05) is 12.4 Å². The quantitative estimate of drug-likeness (QED) is 0.0524. The number of carbonyl (C=O) groups is 3. The molecule has 0 heterocycles. The maximum Gasteiger partial charge on any atom is 0.306 e. The molecule has 0 aliphatic rings. The number of carboxylic acid groups (broad SMARTS) is 1. The van der Waals surface area contributed by atoms with Gasteiger partial charge in [0.2, 0.25) is 0 Å². The Morgan fingerprint density at radius 1 is 0.543 bits per heavy atom. The Kier molecular flexibility index (Phi) is 34.1. The van der Waals surface area contributed by atoms with Gasteiger partial charge in [0.05, 0.1) is 6.42 Å². The third-order valence-corrected chi connectivity index (χ3v) is 10.0. The summed E-state index contributed by atoms with van der Waals surface area (Å²) in [4.78, 5) is 36.0. The van der Waals surface area contributed by atoms with Gasteiger partial charge in [0.15, 0.2) is 0 Å². The summed E-state index contributed by atoms with van der Waals surface area (Å²) in [5, 5.41) is 8.96. The maximum absolute atomic E-state index is 12.6. The Morgan fingerprint density at radius 2 is 0.891 bits per heavy atom. The van der Waals surface area contributed by atoms with Crippen LogP contribution >= 0.6 is 11.8 Å². The van der Waals surface area contributed by atoms with Crippen molar-refractivity contribution in [3.05, 3.63) is 0 Å². The summed E-state index contributed by atoms with van der Waals surface area (Å²) in [5.41, 5.74) is 0. The second kappa shape index (κ2) is 35.1. The largest absolute Gasteiger partial charge is 0.481 e. The summed E-state index contributed by atoms with van der Waals surface area (Å²) >= 11 is 1.44. The maximum atomic E-state index is 12.6. The van der Waals surface area contributed by atoms with Gasteiger partial charge in [0.1, 0.15) is 12.7 Å². The molecule has 0 rings (SSSR count). The molecule has 0 aliphatic heterocycles. The molecule has 0 fully saturated rings. The highest BCUT2D eigenvalue weighted by Crippen LogP contribution is 2.19. The van der Waals surface area contributed by atoms with E-state index >= 15 is 0 Å². The Hall–Kier alpha value is -1.24. The predicted octanol–water partition coefficient (Wildman–Crippen LogP) is 12.0. The zero-order valence-corrected chi connectivity index (χ0v) is 31.3. The topological polar surface area (TPSA) is 89.9 Å². The van der Waals surface area contributed by atoms with Crippen LogP contribution in [0.1, 0.15) is 207 Å². The molecule has 0 saturated carbocycles. The van der Waals surface area contributed by atoms with E-state index in [-0.39, 0.29) is 30.2 Å². The molecule has 0 amide bonds. The molecule has 0 radical (unpaired) electrons. The molecular formula is C39H74O6S. The minimum absolute atomic E-state index is 0.0361. The number of carboxylic acids is 1. The SMILES string of the molecule is CCCCCCCCCCCCCCCC(=O)OCC(CSC(C)CC(=O)O)OC(=O)CCCCCCCCCCCCCCC. The van der Waals surface area contributed by atoms with Crippen LogP contribution in [0.3, 0.4) is 0 Å². The van der Waals surface area contributed by atoms with Gasteiger partial charge in [-0.3, -0.25) is 14.4 Å². The molecule has 6 nitrogen and oxygen atoms in total. The highest BCUT2D eigenvalue weighted by Gasteiger charge is 2.19. The van der Waals surface area contributed by atoms with E-state index in [2.05, 4.69) is 13.8 Å². The van der Waals surface area contributed by atoms with Gasteiger partial charge >= 0.3 is 17.9 Å². The summed E-state index contributed by atoms with van der Waals surface area (Å²) in [6.45, 7) is 6.41. The molecule has 0 aromatic carbocycles. The lowest BCUT2D eigenvalue weighted by Gasteiger charge is -2.19. The van der Waals surface area contributed by atoms with Crippen molar-refractivity contribution in [2.45, 2.75) is 218 Å². The van der Waals surface area contributed by atoms with Crippen LogP contribution in [-0.2, 0) is 23.9 Å². The standard InChI is InChI=1S/C39H74O6S/c1-4-6-8-10-12-14-16-18-20-22-24-26-28-30-38(42)44-33-36(34-46-35(3)32-37(40)41)45-39(43)31-29-27-25-23-21-19-17-15-13-11-9-7-5-2/h35-36H,4-34H2,1-3H3,(H,40,41). The van der Waals surface area contributed by atoms with Crippen LogP contribution < -0.4 is 0 Å². The number of ether oxygens (including phenoxy) is 2. The summed E-state index contributed by atoms with van der Waals surface area (Å²) in [7, 11) is 0. The van der Waals surface area contributed by atoms with E-state index in [0.29, 0.717) is 18.6 Å². The summed E-state index contributed by atoms with van der Waals surface area (Å²) in [6, 6.07) is 0. The van der Waals surface area contributed by atoms with Crippen LogP contribution in [0.5, 0.6) is 0 Å². The van der Waals surface area contributed by atoms with Gasteiger partial charge in [0.25, 0.3) is 0 Å². The fourth-order valence-corrected chi connectivity index (χ4v) is 6.74. The lowest BCUT2D eigenvalue weighted by molar-refractivity contribution is -0.157. The highest BCUT2D eigenvalue weighted by molar-refractivity contribution is 7.99. The number of unbranched alkanes of at least 4 members (excludes halogenated alkanes) is 24. The van der Waals surface area contributed by atoms with Gasteiger partial charge in [-0.05, 0) is 12.8 Å². The number of rotatable bonds is 36. The predicted molar refractivity (Wildman–Crippen MR) is 196 cm³/mol. The molecule has 0 bridgehead atoms. The molecular weight excluding hydrogens is 596 g/mol. The number of hydrogen-bond donors (Lipinski definition) is 1. The molecule has 46 heavy (non-hydrogen) atoms. The summed E-state index contributed by atoms with van der Waals surface area (Å²) < 4.78 is 11.2. The van der Waals surface area contributed by atoms with Gasteiger partial charge in [-0.1, -0.05) is 175 Å². The molecule has 1 N–H and O–H groups in total. The number of thioether (sulfide) groups is 1. The molecule has 7 heteroatoms. The Balaban J connectivity index is 4.08. The van der Waals surface area contributed by atoms with Crippen LogP contribution in [0.25, 0.3) is 0 Å². The fraction of sp³-hybridized carbons (Fsp3) is 0.923. The van der Waals surface area contributed by atoms with E-state index in [1.54, 1.807) is 0 Å². The van der Waals surface area contributed by atoms with E-state index in [1.807, 2.05) is 6.92 Å². The third kappa shape index (κ3) is 34.1. The number of hydrogen-bond acceptors (Lipinski definition) is 6. The van der Waals surface area contributed by atoms with E-state index < -0.39 is 12.1 Å². The van der Waals surface area contributed by atoms with Crippen LogP contribution in [-0.4, -0.2) is 46.7 Å². The lowest BCUT2D eigenvalue weighted by Crippen LogP contribution is -2.28. The molecule has 0 aromatic rings. The normalized spacial score (nSPS) is 12.6. The minimum atomic E-state index is -0.847. The molecule has 2 atom stereocenters. The van der Waals surface area contributed by atoms with Crippen molar-refractivity contribution in [2.24, 2.45) is 0 Å². The van der Waals surface area contributed by atoms with Gasteiger partial charge in [-0.25, -0.2) is 0 Å². The van der Waals surface area contributed by atoms with Crippen molar-refractivity contribution in [1.29, 1.82) is 0 Å². The van der Waals surface area contributed by atoms with Crippen LogP contribution in [0.4, 0.5) is 0 Å². The minimum Gasteiger partial charge on any atom is -0.481 e. The zero-order valence-electron chi connectivity index (χ0n) is 30.5. The third-order valence-electron chi connectivity index (χ3n) is 8.73. The van der Waals surface area contributed by atoms with Crippen molar-refractivity contribution in [3.8, 4) is 0 Å². The van der Waals surface area contributed by atoms with E-state index in [9.17, 15) is 14.4 Å². The Bertz CT molecular complexity index is 700. The first kappa shape index (κ1) is 44.8. The van der Waals surface area contributed by atoms with Gasteiger partial charge in [-0.15, -0.1) is 0 Å². The molecule has 2 unspecified atom stereocenters. The van der Waals surface area contributed by atoms with Crippen LogP contribution in [0.2, 0.25) is 0 Å². The van der Waals surface area contributed by atoms with Gasteiger partial charge in [-0.2, -0.15) is 11.8 Å². The first-order valence-corrected chi connectivity index (χ1v) is 20.6. The van der Waals surface area contributed by atoms with Crippen molar-refractivity contribution in [1.82, 2.24) is 0 Å². The average Bonchev–Trinajstić information content (AvgIpc) is 3.02. The summed E-state index contributed by atoms with van der Waals surface area (Å²) in [6.07, 6.45) is 32.9. The van der Waals surface area contributed by atoms with Crippen molar-refractivity contribution >= 4 is 29.7 Å². The number of aliphatic carboxylic acids is 1. The second-order valence-electron chi connectivity index (χ2n) is 13.5. The molecule has 0 spiro atoms. The highest BCUT2D eigenvalue weighted by atomic mass is 32.2. The molecule has 0 saturated heterocycles. The lowest BCUT2D eigenvalue weighted by atomic mass is 10.0. The van der Waals surface area contributed by atoms with E-state index in [0.717, 1.165) is 38.5 Å². The second-order valence-corrected chi connectivity index (χ2v) is 15.0. The zero-order chi connectivity index (χ0) is 33.9. The van der Waals surface area contributed by atoms with Crippen molar-refractivity contribution < 1.29 is 29.0 Å². The van der Waals surface area contributed by atoms with Gasteiger partial charge in [0, 0.05) is 23.8 Å². The Morgan fingerprint density at radius 3 is 1.26 bits per heavy atom.